The molecule has 2 aliphatic rings. The number of hydrogen-bond acceptors (Lipinski definition) is 12. The highest BCUT2D eigenvalue weighted by atomic mass is 32.3. The molecule has 19 heteroatoms. The molecule has 1 unspecified atom stereocenters. The van der Waals surface area contributed by atoms with Gasteiger partial charge in [-0.3, -0.25) is 4.79 Å². The van der Waals surface area contributed by atoms with Gasteiger partial charge in [0, 0.05) is 49.0 Å². The van der Waals surface area contributed by atoms with Crippen LogP contribution in [0.25, 0.3) is 22.0 Å². The second-order valence-corrected chi connectivity index (χ2v) is 22.7. The van der Waals surface area contributed by atoms with Gasteiger partial charge < -0.3 is 28.4 Å². The van der Waals surface area contributed by atoms with Crippen molar-refractivity contribution in [1.29, 1.82) is 0 Å². The molecule has 1 atom stereocenters. The van der Waals surface area contributed by atoms with Crippen molar-refractivity contribution in [2.75, 3.05) is 48.1 Å². The summed E-state index contributed by atoms with van der Waals surface area (Å²) in [6.45, 7) is 11.8. The number of sulfonamides is 2. The van der Waals surface area contributed by atoms with Gasteiger partial charge in [-0.15, -0.1) is 0 Å². The number of benzene rings is 2. The van der Waals surface area contributed by atoms with Crippen LogP contribution in [0.2, 0.25) is 0 Å². The third kappa shape index (κ3) is 10.4. The van der Waals surface area contributed by atoms with Gasteiger partial charge in [0.05, 0.1) is 47.5 Å². The van der Waals surface area contributed by atoms with E-state index >= 15 is 0 Å². The molecule has 4 aromatic rings. The van der Waals surface area contributed by atoms with Gasteiger partial charge in [-0.1, -0.05) is 17.7 Å². The van der Waals surface area contributed by atoms with Crippen LogP contribution in [0.3, 0.4) is 0 Å². The number of nitrogens with zero attached hydrogens (tertiary/aromatic N) is 4. The van der Waals surface area contributed by atoms with E-state index in [1.165, 1.54) is 74.3 Å². The van der Waals surface area contributed by atoms with E-state index in [2.05, 4.69) is 0 Å². The Labute approximate surface area is 358 Å². The zero-order chi connectivity index (χ0) is 44.5. The minimum Gasteiger partial charge on any atom is -0.490 e. The smallest absolute Gasteiger partial charge is 0.410 e. The number of aromatic nitrogens is 2. The lowest BCUT2D eigenvalue weighted by molar-refractivity contribution is -0.0552. The van der Waals surface area contributed by atoms with Gasteiger partial charge in [0.2, 0.25) is 20.0 Å². The van der Waals surface area contributed by atoms with E-state index in [4.69, 9.17) is 18.9 Å². The highest BCUT2D eigenvalue weighted by molar-refractivity contribution is 8.10. The lowest BCUT2D eigenvalue weighted by atomic mass is 10.0. The molecule has 3 heterocycles. The SMILES string of the molecule is CCS(=O)(=O)N(c1ccc(OCC(OCCOC2CCN(C(=O)OC(C)(C)C)CC2)C2CC2)c(-c2cn(C)c(=O)c3c2ccn3S(=O)(=O)c2ccc(C)cc2)c1)S(=O)(=O)CC. The zero-order valence-corrected chi connectivity index (χ0v) is 38.1. The predicted octanol–water partition coefficient (Wildman–Crippen LogP) is 5.65. The van der Waals surface area contributed by atoms with Crippen molar-refractivity contribution >= 4 is 52.8 Å². The Morgan fingerprint density at radius 3 is 2.10 bits per heavy atom. The third-order valence-electron chi connectivity index (χ3n) is 10.7. The fourth-order valence-electron chi connectivity index (χ4n) is 7.17. The number of fused-ring (bicyclic) bond motifs is 1. The van der Waals surface area contributed by atoms with Crippen molar-refractivity contribution in [3.05, 3.63) is 76.8 Å². The molecule has 61 heavy (non-hydrogen) atoms. The van der Waals surface area contributed by atoms with E-state index in [0.29, 0.717) is 41.8 Å². The number of carbonyl (C=O) groups excluding carboxylic acids is 1. The van der Waals surface area contributed by atoms with Crippen LogP contribution in [0.15, 0.2) is 70.6 Å². The van der Waals surface area contributed by atoms with Crippen LogP contribution in [-0.4, -0.2) is 107 Å². The number of rotatable bonds is 17. The van der Waals surface area contributed by atoms with Gasteiger partial charge in [-0.2, -0.15) is 3.71 Å². The predicted molar refractivity (Wildman–Crippen MR) is 233 cm³/mol. The highest BCUT2D eigenvalue weighted by Gasteiger charge is 2.35. The summed E-state index contributed by atoms with van der Waals surface area (Å²) in [7, 11) is -11.5. The molecule has 1 amide bonds. The second-order valence-electron chi connectivity index (χ2n) is 16.4. The highest BCUT2D eigenvalue weighted by Crippen LogP contribution is 2.41. The summed E-state index contributed by atoms with van der Waals surface area (Å²) >= 11 is 0. The monoisotopic (exact) mass is 904 g/mol. The number of aryl methyl sites for hydroxylation is 2. The number of carbonyl (C=O) groups is 1. The average molecular weight is 905 g/mol. The Bertz CT molecular complexity index is 2590. The Morgan fingerprint density at radius 1 is 0.869 bits per heavy atom. The Kier molecular flexibility index (Phi) is 13.7. The van der Waals surface area contributed by atoms with Crippen LogP contribution in [0.4, 0.5) is 10.5 Å². The summed E-state index contributed by atoms with van der Waals surface area (Å²) < 4.78 is 108. The molecule has 0 bridgehead atoms. The third-order valence-corrected chi connectivity index (χ3v) is 16.6. The van der Waals surface area contributed by atoms with Crippen molar-refractivity contribution in [3.8, 4) is 16.9 Å². The van der Waals surface area contributed by atoms with Gasteiger partial charge in [-0.25, -0.2) is 34.0 Å². The van der Waals surface area contributed by atoms with Gasteiger partial charge in [0.1, 0.15) is 23.5 Å². The van der Waals surface area contributed by atoms with Crippen LogP contribution >= 0.6 is 0 Å². The van der Waals surface area contributed by atoms with Crippen molar-refractivity contribution in [1.82, 2.24) is 13.4 Å². The fraction of sp³-hybridized carbons (Fsp3) is 0.524. The van der Waals surface area contributed by atoms with Crippen LogP contribution < -0.4 is 14.0 Å². The Balaban J connectivity index is 1.29. The summed E-state index contributed by atoms with van der Waals surface area (Å²) in [5.74, 6) is -0.564. The molecule has 0 radical (unpaired) electrons. The number of anilines is 1. The molecular formula is C42H56N4O12S3. The van der Waals surface area contributed by atoms with Crippen molar-refractivity contribution in [2.45, 2.75) is 89.9 Å². The molecule has 2 aromatic heterocycles. The molecule has 2 fully saturated rings. The summed E-state index contributed by atoms with van der Waals surface area (Å²) in [6.07, 6.45) is 5.24. The van der Waals surface area contributed by atoms with E-state index < -0.39 is 52.7 Å². The number of amides is 1. The summed E-state index contributed by atoms with van der Waals surface area (Å²) in [5.41, 5.74) is -0.150. The normalized spacial score (nSPS) is 16.1. The molecule has 334 valence electrons. The molecule has 1 saturated carbocycles. The van der Waals surface area contributed by atoms with Gasteiger partial charge in [-0.05, 0) is 110 Å². The molecule has 6 rings (SSSR count). The lowest BCUT2D eigenvalue weighted by Crippen LogP contribution is -2.43. The average Bonchev–Trinajstić information content (AvgIpc) is 3.95. The number of piperidine rings is 1. The standard InChI is InChI=1S/C42H56N4O12S3/c1-8-59(49,50)46(60(51,52)9-2)31-14-17-37(57-28-38(30-12-13-30)56-25-24-55-32-18-21-44(22-19-32)41(48)58-42(4,5)6)35(26-31)36-27-43(7)40(47)39-34(36)20-23-45(39)61(53,54)33-15-10-29(3)11-16-33/h10-11,14-17,20,23,26-27,30,32,38H,8-9,12-13,18-19,21-22,24-25,28H2,1-7H3. The van der Waals surface area contributed by atoms with Crippen LogP contribution in [0.1, 0.15) is 65.9 Å². The van der Waals surface area contributed by atoms with E-state index in [1.54, 1.807) is 17.0 Å². The fourth-order valence-corrected chi connectivity index (χ4v) is 11.9. The maximum atomic E-state index is 14.0. The first-order valence-electron chi connectivity index (χ1n) is 20.4. The molecule has 0 N–H and O–H groups in total. The van der Waals surface area contributed by atoms with Crippen molar-refractivity contribution in [3.63, 3.8) is 0 Å². The van der Waals surface area contributed by atoms with Gasteiger partial charge >= 0.3 is 6.09 Å². The van der Waals surface area contributed by atoms with Crippen LogP contribution in [-0.2, 0) is 51.3 Å². The lowest BCUT2D eigenvalue weighted by Gasteiger charge is -2.33. The number of likely N-dealkylation sites (tertiary alicyclic amines) is 1. The zero-order valence-electron chi connectivity index (χ0n) is 35.7. The number of ether oxygens (including phenoxy) is 4. The number of pyridine rings is 1. The van der Waals surface area contributed by atoms with Gasteiger partial charge in [0.25, 0.3) is 15.6 Å². The molecule has 1 saturated heterocycles. The first-order valence-corrected chi connectivity index (χ1v) is 25.1. The quantitative estimate of drug-likeness (QED) is 0.119. The maximum Gasteiger partial charge on any atom is 0.410 e. The van der Waals surface area contributed by atoms with E-state index in [1.807, 2.05) is 27.7 Å². The number of hydrogen-bond donors (Lipinski definition) is 0. The van der Waals surface area contributed by atoms with Crippen LogP contribution in [0, 0.1) is 12.8 Å². The Morgan fingerprint density at radius 2 is 1.51 bits per heavy atom. The summed E-state index contributed by atoms with van der Waals surface area (Å²) in [6, 6.07) is 11.9. The van der Waals surface area contributed by atoms with E-state index in [0.717, 1.165) is 22.4 Å². The first-order chi connectivity index (χ1) is 28.7. The minimum absolute atomic E-state index is 0.0284. The first kappa shape index (κ1) is 46.1. The van der Waals surface area contributed by atoms with Crippen molar-refractivity contribution < 1.29 is 49.0 Å². The molecule has 1 aliphatic carbocycles. The van der Waals surface area contributed by atoms with Crippen LogP contribution in [0.5, 0.6) is 5.75 Å². The topological polar surface area (TPSA) is 190 Å². The minimum atomic E-state index is -4.35. The van der Waals surface area contributed by atoms with E-state index in [9.17, 15) is 34.8 Å². The Hall–Kier alpha value is -4.43. The summed E-state index contributed by atoms with van der Waals surface area (Å²) in [5, 5.41) is 0.216. The summed E-state index contributed by atoms with van der Waals surface area (Å²) in [4.78, 5) is 27.9. The molecule has 2 aromatic carbocycles. The maximum absolute atomic E-state index is 14.0. The molecule has 0 spiro atoms. The van der Waals surface area contributed by atoms with Gasteiger partial charge in [0.15, 0.2) is 0 Å². The largest absolute Gasteiger partial charge is 0.490 e. The molecule has 16 nitrogen and oxygen atoms in total. The molecule has 1 aliphatic heterocycles. The second kappa shape index (κ2) is 18.1. The molecular weight excluding hydrogens is 849 g/mol. The van der Waals surface area contributed by atoms with Crippen molar-refractivity contribution in [2.24, 2.45) is 13.0 Å². The van der Waals surface area contributed by atoms with E-state index in [-0.39, 0.29) is 70.2 Å².